The number of rotatable bonds is 6. The molecule has 0 aliphatic rings. The zero-order valence-corrected chi connectivity index (χ0v) is 14.3. The van der Waals surface area contributed by atoms with Crippen molar-refractivity contribution in [3.8, 4) is 0 Å². The molecule has 1 aromatic heterocycles. The van der Waals surface area contributed by atoms with E-state index in [1.54, 1.807) is 6.08 Å². The standard InChI is InChI=1S/C21H18F4O/c1-3-5-7-9-13-11-15-17(21(25)19(13)23)16-14(26-15)10-12(8-6-4-2)18(22)20(16)24/h3-5,10-11H,2,6-9H2,1H3/b5-3+. The van der Waals surface area contributed by atoms with E-state index in [1.165, 1.54) is 12.1 Å². The third kappa shape index (κ3) is 3.02. The van der Waals surface area contributed by atoms with Crippen LogP contribution in [0.4, 0.5) is 17.6 Å². The Balaban J connectivity index is 2.23. The third-order valence-electron chi connectivity index (χ3n) is 4.40. The monoisotopic (exact) mass is 362 g/mol. The van der Waals surface area contributed by atoms with Crippen molar-refractivity contribution < 1.29 is 22.0 Å². The number of furan rings is 1. The van der Waals surface area contributed by atoms with Crippen LogP contribution in [0, 0.1) is 23.3 Å². The van der Waals surface area contributed by atoms with Crippen LogP contribution in [0.1, 0.15) is 30.9 Å². The van der Waals surface area contributed by atoms with Crippen molar-refractivity contribution in [2.75, 3.05) is 0 Å². The molecular formula is C21H18F4O. The van der Waals surface area contributed by atoms with Crippen molar-refractivity contribution >= 4 is 21.9 Å². The highest BCUT2D eigenvalue weighted by Crippen LogP contribution is 2.37. The van der Waals surface area contributed by atoms with Gasteiger partial charge < -0.3 is 4.42 Å². The van der Waals surface area contributed by atoms with Gasteiger partial charge in [0.05, 0.1) is 10.8 Å². The predicted molar refractivity (Wildman–Crippen MR) is 95.2 cm³/mol. The Bertz CT molecular complexity index is 1010. The first-order valence-electron chi connectivity index (χ1n) is 8.41. The molecule has 0 aliphatic heterocycles. The molecule has 3 rings (SSSR count). The number of fused-ring (bicyclic) bond motifs is 3. The Morgan fingerprint density at radius 3 is 1.81 bits per heavy atom. The van der Waals surface area contributed by atoms with Crippen molar-refractivity contribution in [1.29, 1.82) is 0 Å². The van der Waals surface area contributed by atoms with E-state index in [0.717, 1.165) is 0 Å². The Morgan fingerprint density at radius 2 is 1.35 bits per heavy atom. The quantitative estimate of drug-likeness (QED) is 0.348. The molecule has 1 nitrogen and oxygen atoms in total. The van der Waals surface area contributed by atoms with Gasteiger partial charge >= 0.3 is 0 Å². The summed E-state index contributed by atoms with van der Waals surface area (Å²) in [5.41, 5.74) is 0.262. The molecule has 0 saturated heterocycles. The highest BCUT2D eigenvalue weighted by Gasteiger charge is 2.24. The van der Waals surface area contributed by atoms with Gasteiger partial charge in [-0.2, -0.15) is 0 Å². The first-order chi connectivity index (χ1) is 12.5. The molecule has 0 bridgehead atoms. The van der Waals surface area contributed by atoms with Gasteiger partial charge in [-0.3, -0.25) is 0 Å². The Labute approximate surface area is 148 Å². The molecule has 0 fully saturated rings. The van der Waals surface area contributed by atoms with Crippen LogP contribution in [-0.2, 0) is 12.8 Å². The summed E-state index contributed by atoms with van der Waals surface area (Å²) in [5.74, 6) is -4.56. The van der Waals surface area contributed by atoms with E-state index in [4.69, 9.17) is 4.42 Å². The molecule has 0 radical (unpaired) electrons. The predicted octanol–water partition coefficient (Wildman–Crippen LogP) is 6.77. The molecule has 0 saturated carbocycles. The summed E-state index contributed by atoms with van der Waals surface area (Å²) >= 11 is 0. The molecule has 26 heavy (non-hydrogen) atoms. The maximum absolute atomic E-state index is 14.6. The van der Waals surface area contributed by atoms with E-state index in [0.29, 0.717) is 12.8 Å². The fourth-order valence-corrected chi connectivity index (χ4v) is 3.08. The second-order valence-corrected chi connectivity index (χ2v) is 6.11. The molecule has 5 heteroatoms. The number of aryl methyl sites for hydroxylation is 2. The van der Waals surface area contributed by atoms with E-state index >= 15 is 0 Å². The number of halogens is 4. The average molecular weight is 362 g/mol. The first-order valence-corrected chi connectivity index (χ1v) is 8.41. The fourth-order valence-electron chi connectivity index (χ4n) is 3.08. The van der Waals surface area contributed by atoms with Crippen molar-refractivity contribution in [2.24, 2.45) is 0 Å². The summed E-state index contributed by atoms with van der Waals surface area (Å²) in [7, 11) is 0. The minimum atomic E-state index is -1.22. The van der Waals surface area contributed by atoms with Crippen molar-refractivity contribution in [3.63, 3.8) is 0 Å². The lowest BCUT2D eigenvalue weighted by Crippen LogP contribution is -1.97. The molecule has 0 unspecified atom stereocenters. The molecule has 0 aliphatic carbocycles. The number of hydrogen-bond acceptors (Lipinski definition) is 1. The van der Waals surface area contributed by atoms with Crippen molar-refractivity contribution in [1.82, 2.24) is 0 Å². The lowest BCUT2D eigenvalue weighted by molar-refractivity contribution is 0.502. The van der Waals surface area contributed by atoms with Crippen LogP contribution in [0.25, 0.3) is 21.9 Å². The minimum Gasteiger partial charge on any atom is -0.456 e. The largest absolute Gasteiger partial charge is 0.456 e. The van der Waals surface area contributed by atoms with E-state index in [9.17, 15) is 17.6 Å². The van der Waals surface area contributed by atoms with E-state index < -0.39 is 23.3 Å². The zero-order chi connectivity index (χ0) is 18.8. The van der Waals surface area contributed by atoms with Gasteiger partial charge in [0.25, 0.3) is 0 Å². The first kappa shape index (κ1) is 18.2. The Morgan fingerprint density at radius 1 is 0.846 bits per heavy atom. The van der Waals surface area contributed by atoms with Gasteiger partial charge in [0.2, 0.25) is 0 Å². The van der Waals surface area contributed by atoms with Gasteiger partial charge in [-0.1, -0.05) is 18.2 Å². The van der Waals surface area contributed by atoms with Crippen LogP contribution < -0.4 is 0 Å². The van der Waals surface area contributed by atoms with Gasteiger partial charge in [-0.25, -0.2) is 17.6 Å². The molecule has 0 N–H and O–H groups in total. The van der Waals surface area contributed by atoms with Gasteiger partial charge in [0.15, 0.2) is 23.3 Å². The van der Waals surface area contributed by atoms with Crippen LogP contribution in [0.2, 0.25) is 0 Å². The fraction of sp³-hybridized carbons (Fsp3) is 0.238. The molecule has 0 atom stereocenters. The summed E-state index contributed by atoms with van der Waals surface area (Å²) in [6.07, 6.45) is 6.75. The molecule has 3 aromatic rings. The van der Waals surface area contributed by atoms with E-state index in [-0.39, 0.29) is 45.9 Å². The molecular weight excluding hydrogens is 344 g/mol. The molecule has 0 amide bonds. The van der Waals surface area contributed by atoms with E-state index in [1.807, 2.05) is 19.1 Å². The highest BCUT2D eigenvalue weighted by atomic mass is 19.2. The molecule has 1 heterocycles. The normalized spacial score (nSPS) is 11.9. The van der Waals surface area contributed by atoms with Gasteiger partial charge in [0.1, 0.15) is 11.2 Å². The van der Waals surface area contributed by atoms with Crippen molar-refractivity contribution in [3.05, 3.63) is 71.3 Å². The van der Waals surface area contributed by atoms with Gasteiger partial charge in [-0.05, 0) is 55.9 Å². The zero-order valence-electron chi connectivity index (χ0n) is 14.3. The Kier molecular flexibility index (Phi) is 5.16. The van der Waals surface area contributed by atoms with Gasteiger partial charge in [-0.15, -0.1) is 6.58 Å². The van der Waals surface area contributed by atoms with Crippen molar-refractivity contribution in [2.45, 2.75) is 32.6 Å². The maximum Gasteiger partial charge on any atom is 0.170 e. The number of allylic oxidation sites excluding steroid dienone is 3. The number of hydrogen-bond donors (Lipinski definition) is 0. The lowest BCUT2D eigenvalue weighted by Gasteiger charge is -2.05. The van der Waals surface area contributed by atoms with Gasteiger partial charge in [0, 0.05) is 0 Å². The summed E-state index contributed by atoms with van der Waals surface area (Å²) in [6.45, 7) is 5.38. The summed E-state index contributed by atoms with van der Waals surface area (Å²) in [5, 5.41) is -0.727. The lowest BCUT2D eigenvalue weighted by atomic mass is 10.0. The molecule has 0 spiro atoms. The molecule has 136 valence electrons. The third-order valence-corrected chi connectivity index (χ3v) is 4.40. The second kappa shape index (κ2) is 7.36. The van der Waals surface area contributed by atoms with Crippen LogP contribution in [0.5, 0.6) is 0 Å². The highest BCUT2D eigenvalue weighted by molar-refractivity contribution is 6.06. The summed E-state index contributed by atoms with van der Waals surface area (Å²) in [6, 6.07) is 2.70. The van der Waals surface area contributed by atoms with Crippen LogP contribution in [-0.4, -0.2) is 0 Å². The van der Waals surface area contributed by atoms with Crippen LogP contribution in [0.15, 0.2) is 41.4 Å². The SMILES string of the molecule is C=CCCc1cc2oc3cc(CC/C=C/C)c(F)c(F)c3c2c(F)c1F. The summed E-state index contributed by atoms with van der Waals surface area (Å²) in [4.78, 5) is 0. The van der Waals surface area contributed by atoms with E-state index in [2.05, 4.69) is 6.58 Å². The minimum absolute atomic E-state index is 0.00173. The summed E-state index contributed by atoms with van der Waals surface area (Å²) < 4.78 is 63.4. The topological polar surface area (TPSA) is 13.1 Å². The smallest absolute Gasteiger partial charge is 0.170 e. The van der Waals surface area contributed by atoms with Crippen LogP contribution >= 0.6 is 0 Å². The second-order valence-electron chi connectivity index (χ2n) is 6.11. The van der Waals surface area contributed by atoms with Crippen LogP contribution in [0.3, 0.4) is 0 Å². The maximum atomic E-state index is 14.6. The average Bonchev–Trinajstić information content (AvgIpc) is 2.99. The Hall–Kier alpha value is -2.56. The number of benzene rings is 2. The molecule has 2 aromatic carbocycles.